The number of ether oxygens (including phenoxy) is 2. The van der Waals surface area contributed by atoms with Crippen LogP contribution in [0.25, 0.3) is 0 Å². The molecule has 166 valence electrons. The van der Waals surface area contributed by atoms with Crippen LogP contribution in [0.15, 0.2) is 48.5 Å². The van der Waals surface area contributed by atoms with Crippen LogP contribution in [0.4, 0.5) is 0 Å². The highest BCUT2D eigenvalue weighted by molar-refractivity contribution is 6.64. The van der Waals surface area contributed by atoms with Crippen molar-refractivity contribution in [3.05, 3.63) is 59.7 Å². The SMILES string of the molecule is CC1(C)OB(c2c(C=O)cccc2OCC(O)CCOCc2ccccc2)OC1(C)C. The van der Waals surface area contributed by atoms with Crippen LogP contribution in [0.2, 0.25) is 0 Å². The third-order valence-corrected chi connectivity index (χ3v) is 5.85. The molecule has 6 nitrogen and oxygen atoms in total. The predicted molar refractivity (Wildman–Crippen MR) is 120 cm³/mol. The van der Waals surface area contributed by atoms with E-state index < -0.39 is 24.4 Å². The summed E-state index contributed by atoms with van der Waals surface area (Å²) in [6.07, 6.45) is 0.495. The molecule has 0 aliphatic carbocycles. The lowest BCUT2D eigenvalue weighted by Crippen LogP contribution is -2.41. The van der Waals surface area contributed by atoms with Gasteiger partial charge in [0.2, 0.25) is 0 Å². The molecule has 1 unspecified atom stereocenters. The van der Waals surface area contributed by atoms with Crippen molar-refractivity contribution in [3.63, 3.8) is 0 Å². The van der Waals surface area contributed by atoms with Gasteiger partial charge in [-0.25, -0.2) is 0 Å². The zero-order valence-corrected chi connectivity index (χ0v) is 18.7. The summed E-state index contributed by atoms with van der Waals surface area (Å²) in [6, 6.07) is 15.1. The molecule has 0 bridgehead atoms. The molecule has 3 rings (SSSR count). The quantitative estimate of drug-likeness (QED) is 0.358. The van der Waals surface area contributed by atoms with Crippen molar-refractivity contribution in [2.24, 2.45) is 0 Å². The Morgan fingerprint density at radius 2 is 1.71 bits per heavy atom. The Kier molecular flexibility index (Phi) is 7.54. The average molecular weight is 426 g/mol. The molecule has 31 heavy (non-hydrogen) atoms. The molecule has 0 spiro atoms. The Morgan fingerprint density at radius 3 is 2.35 bits per heavy atom. The van der Waals surface area contributed by atoms with Crippen molar-refractivity contribution in [2.45, 2.75) is 58.0 Å². The standard InChI is InChI=1S/C24H31BO6/c1-23(2)24(3,4)31-25(30-23)22-19(15-26)11-8-12-21(22)29-17-20(27)13-14-28-16-18-9-6-5-7-10-18/h5-12,15,20,27H,13-14,16-17H2,1-4H3. The first-order valence-corrected chi connectivity index (χ1v) is 10.6. The number of benzene rings is 2. The van der Waals surface area contributed by atoms with Gasteiger partial charge in [0.05, 0.1) is 23.9 Å². The third kappa shape index (κ3) is 5.74. The van der Waals surface area contributed by atoms with Gasteiger partial charge in [0.15, 0.2) is 0 Å². The van der Waals surface area contributed by atoms with Crippen LogP contribution in [0.1, 0.15) is 50.0 Å². The molecule has 1 atom stereocenters. The summed E-state index contributed by atoms with van der Waals surface area (Å²) in [7, 11) is -0.729. The van der Waals surface area contributed by atoms with E-state index in [1.807, 2.05) is 58.0 Å². The molecule has 2 aromatic carbocycles. The van der Waals surface area contributed by atoms with Gasteiger partial charge < -0.3 is 23.9 Å². The van der Waals surface area contributed by atoms with E-state index in [4.69, 9.17) is 18.8 Å². The van der Waals surface area contributed by atoms with Gasteiger partial charge in [-0.15, -0.1) is 0 Å². The molecule has 7 heteroatoms. The lowest BCUT2D eigenvalue weighted by atomic mass is 9.75. The van der Waals surface area contributed by atoms with E-state index in [9.17, 15) is 9.90 Å². The second-order valence-corrected chi connectivity index (χ2v) is 8.76. The van der Waals surface area contributed by atoms with Gasteiger partial charge in [0.25, 0.3) is 0 Å². The van der Waals surface area contributed by atoms with E-state index >= 15 is 0 Å². The minimum atomic E-state index is -0.729. The van der Waals surface area contributed by atoms with Crippen molar-refractivity contribution >= 4 is 18.9 Å². The van der Waals surface area contributed by atoms with Gasteiger partial charge in [-0.05, 0) is 39.3 Å². The zero-order chi connectivity index (χ0) is 22.5. The number of carbonyl (C=O) groups excluding carboxylic acids is 1. The van der Waals surface area contributed by atoms with Crippen LogP contribution in [-0.4, -0.2) is 49.0 Å². The highest BCUT2D eigenvalue weighted by atomic mass is 16.7. The Balaban J connectivity index is 1.58. The Labute approximate surface area is 184 Å². The predicted octanol–water partition coefficient (Wildman–Crippen LogP) is 3.14. The summed E-state index contributed by atoms with van der Waals surface area (Å²) in [5.74, 6) is 0.465. The molecule has 0 amide bonds. The molecule has 1 heterocycles. The maximum Gasteiger partial charge on any atom is 0.499 e. The van der Waals surface area contributed by atoms with E-state index in [0.29, 0.717) is 36.4 Å². The maximum atomic E-state index is 11.7. The molecular weight excluding hydrogens is 395 g/mol. The van der Waals surface area contributed by atoms with E-state index in [1.54, 1.807) is 18.2 Å². The van der Waals surface area contributed by atoms with Crippen LogP contribution in [0, 0.1) is 0 Å². The number of rotatable bonds is 10. The monoisotopic (exact) mass is 426 g/mol. The highest BCUT2D eigenvalue weighted by Crippen LogP contribution is 2.37. The third-order valence-electron chi connectivity index (χ3n) is 5.85. The minimum Gasteiger partial charge on any atom is -0.491 e. The summed E-state index contributed by atoms with van der Waals surface area (Å²) in [6.45, 7) is 8.81. The number of carbonyl (C=O) groups is 1. The Bertz CT molecular complexity index is 852. The molecule has 1 aliphatic rings. The molecule has 1 fully saturated rings. The molecular formula is C24H31BO6. The fraction of sp³-hybridized carbons (Fsp3) is 0.458. The van der Waals surface area contributed by atoms with E-state index in [2.05, 4.69) is 0 Å². The van der Waals surface area contributed by atoms with Gasteiger partial charge in [-0.3, -0.25) is 4.79 Å². The first-order chi connectivity index (χ1) is 14.7. The Hall–Kier alpha value is -2.19. The van der Waals surface area contributed by atoms with Crippen LogP contribution >= 0.6 is 0 Å². The van der Waals surface area contributed by atoms with Crippen LogP contribution in [-0.2, 0) is 20.7 Å². The van der Waals surface area contributed by atoms with Gasteiger partial charge >= 0.3 is 7.12 Å². The number of aldehydes is 1. The molecule has 1 aliphatic heterocycles. The highest BCUT2D eigenvalue weighted by Gasteiger charge is 2.53. The summed E-state index contributed by atoms with van der Waals surface area (Å²) >= 11 is 0. The van der Waals surface area contributed by atoms with E-state index in [0.717, 1.165) is 11.8 Å². The number of aliphatic hydroxyl groups is 1. The first-order valence-electron chi connectivity index (χ1n) is 10.6. The molecule has 2 aromatic rings. The minimum absolute atomic E-state index is 0.0729. The largest absolute Gasteiger partial charge is 0.499 e. The molecule has 1 N–H and O–H groups in total. The number of hydrogen-bond acceptors (Lipinski definition) is 6. The first kappa shape index (κ1) is 23.5. The van der Waals surface area contributed by atoms with Crippen LogP contribution < -0.4 is 10.2 Å². The molecule has 0 saturated carbocycles. The second-order valence-electron chi connectivity index (χ2n) is 8.76. The van der Waals surface area contributed by atoms with Crippen molar-refractivity contribution in [2.75, 3.05) is 13.2 Å². The van der Waals surface area contributed by atoms with E-state index in [1.165, 1.54) is 0 Å². The van der Waals surface area contributed by atoms with Crippen LogP contribution in [0.5, 0.6) is 5.75 Å². The summed E-state index contributed by atoms with van der Waals surface area (Å²) < 4.78 is 23.7. The Morgan fingerprint density at radius 1 is 1.03 bits per heavy atom. The summed E-state index contributed by atoms with van der Waals surface area (Å²) in [5, 5.41) is 10.3. The second kappa shape index (κ2) is 9.96. The average Bonchev–Trinajstić information content (AvgIpc) is 2.96. The molecule has 1 saturated heterocycles. The lowest BCUT2D eigenvalue weighted by Gasteiger charge is -2.32. The van der Waals surface area contributed by atoms with Gasteiger partial charge in [-0.2, -0.15) is 0 Å². The molecule has 0 radical (unpaired) electrons. The number of aliphatic hydroxyl groups excluding tert-OH is 1. The van der Waals surface area contributed by atoms with E-state index in [-0.39, 0.29) is 6.61 Å². The van der Waals surface area contributed by atoms with Gasteiger partial charge in [0.1, 0.15) is 18.6 Å². The topological polar surface area (TPSA) is 74.2 Å². The van der Waals surface area contributed by atoms with Crippen LogP contribution in [0.3, 0.4) is 0 Å². The summed E-state index contributed by atoms with van der Waals surface area (Å²) in [4.78, 5) is 11.7. The fourth-order valence-corrected chi connectivity index (χ4v) is 3.26. The lowest BCUT2D eigenvalue weighted by molar-refractivity contribution is 0.00578. The maximum absolute atomic E-state index is 11.7. The molecule has 0 aromatic heterocycles. The van der Waals surface area contributed by atoms with Gasteiger partial charge in [0, 0.05) is 24.1 Å². The number of hydrogen-bond donors (Lipinski definition) is 1. The fourth-order valence-electron chi connectivity index (χ4n) is 3.26. The van der Waals surface area contributed by atoms with Crippen molar-refractivity contribution in [1.29, 1.82) is 0 Å². The van der Waals surface area contributed by atoms with Crippen molar-refractivity contribution < 1.29 is 28.7 Å². The van der Waals surface area contributed by atoms with Crippen molar-refractivity contribution in [1.82, 2.24) is 0 Å². The smallest absolute Gasteiger partial charge is 0.491 e. The summed E-state index contributed by atoms with van der Waals surface area (Å²) in [5.41, 5.74) is 0.993. The van der Waals surface area contributed by atoms with Gasteiger partial charge in [-0.1, -0.05) is 42.5 Å². The van der Waals surface area contributed by atoms with Crippen molar-refractivity contribution in [3.8, 4) is 5.75 Å². The normalized spacial score (nSPS) is 18.0. The zero-order valence-electron chi connectivity index (χ0n) is 18.7.